The van der Waals surface area contributed by atoms with Gasteiger partial charge in [0.15, 0.2) is 9.84 Å². The van der Waals surface area contributed by atoms with Gasteiger partial charge in [-0.25, -0.2) is 16.8 Å². The fraction of sp³-hybridized carbons (Fsp3) is 0.375. The number of thiophene rings is 1. The van der Waals surface area contributed by atoms with Crippen molar-refractivity contribution in [2.45, 2.75) is 36.1 Å². The van der Waals surface area contributed by atoms with Crippen LogP contribution in [0.2, 0.25) is 0 Å². The number of sulfone groups is 1. The van der Waals surface area contributed by atoms with Crippen LogP contribution in [0.15, 0.2) is 45.5 Å². The Hall–Kier alpha value is -1.22. The average molecular weight is 386 g/mol. The van der Waals surface area contributed by atoms with Gasteiger partial charge in [-0.2, -0.15) is 4.31 Å². The maximum absolute atomic E-state index is 12.9. The Labute approximate surface area is 146 Å². The van der Waals surface area contributed by atoms with Gasteiger partial charge in [-0.1, -0.05) is 6.92 Å². The van der Waals surface area contributed by atoms with E-state index in [9.17, 15) is 16.8 Å². The molecule has 1 unspecified atom stereocenters. The molecule has 1 aromatic heterocycles. The third-order valence-electron chi connectivity index (χ3n) is 4.39. The van der Waals surface area contributed by atoms with E-state index in [2.05, 4.69) is 0 Å². The van der Waals surface area contributed by atoms with Crippen LogP contribution in [-0.2, 0) is 26.3 Å². The number of rotatable bonds is 4. The zero-order chi connectivity index (χ0) is 17.5. The van der Waals surface area contributed by atoms with E-state index in [0.29, 0.717) is 13.0 Å². The van der Waals surface area contributed by atoms with Crippen molar-refractivity contribution in [1.29, 1.82) is 0 Å². The molecule has 0 aliphatic carbocycles. The van der Waals surface area contributed by atoms with Gasteiger partial charge in [-0.15, -0.1) is 11.3 Å². The normalized spacial score (nSPS) is 19.2. The highest BCUT2D eigenvalue weighted by Crippen LogP contribution is 2.36. The van der Waals surface area contributed by atoms with Crippen LogP contribution in [0.4, 0.5) is 0 Å². The fourth-order valence-corrected chi connectivity index (χ4v) is 6.39. The van der Waals surface area contributed by atoms with Crippen LogP contribution in [0.25, 0.3) is 0 Å². The van der Waals surface area contributed by atoms with Crippen LogP contribution < -0.4 is 0 Å². The summed E-state index contributed by atoms with van der Waals surface area (Å²) in [5, 5.41) is 1.99. The van der Waals surface area contributed by atoms with E-state index in [1.165, 1.54) is 33.4 Å². The lowest BCUT2D eigenvalue weighted by atomic mass is 10.0. The summed E-state index contributed by atoms with van der Waals surface area (Å²) in [7, 11) is -6.99. The summed E-state index contributed by atoms with van der Waals surface area (Å²) in [5.41, 5.74) is 1.06. The molecule has 1 aromatic carbocycles. The summed E-state index contributed by atoms with van der Waals surface area (Å²) in [5.74, 6) is -0.0107. The van der Waals surface area contributed by atoms with Crippen molar-refractivity contribution >= 4 is 31.2 Å². The Morgan fingerprint density at radius 3 is 2.33 bits per heavy atom. The average Bonchev–Trinajstić information content (AvgIpc) is 3.04. The van der Waals surface area contributed by atoms with E-state index in [1.807, 2.05) is 18.4 Å². The van der Waals surface area contributed by atoms with Gasteiger partial charge in [-0.05, 0) is 54.6 Å². The quantitative estimate of drug-likeness (QED) is 0.811. The summed E-state index contributed by atoms with van der Waals surface area (Å²) in [4.78, 5) is 1.51. The highest BCUT2D eigenvalue weighted by atomic mass is 32.2. The van der Waals surface area contributed by atoms with E-state index >= 15 is 0 Å². The predicted octanol–water partition coefficient (Wildman–Crippen LogP) is 2.85. The summed E-state index contributed by atoms with van der Waals surface area (Å²) < 4.78 is 51.1. The number of benzene rings is 1. The molecule has 0 bridgehead atoms. The maximum atomic E-state index is 12.9. The molecule has 1 aliphatic heterocycles. The molecule has 8 heteroatoms. The van der Waals surface area contributed by atoms with Crippen LogP contribution in [0.3, 0.4) is 0 Å². The molecule has 0 amide bonds. The van der Waals surface area contributed by atoms with Gasteiger partial charge < -0.3 is 0 Å². The van der Waals surface area contributed by atoms with Crippen LogP contribution >= 0.6 is 11.3 Å². The van der Waals surface area contributed by atoms with Crippen LogP contribution in [0.5, 0.6) is 0 Å². The number of hydrogen-bond donors (Lipinski definition) is 0. The Morgan fingerprint density at radius 1 is 1.08 bits per heavy atom. The number of sulfonamides is 1. The van der Waals surface area contributed by atoms with Gasteiger partial charge in [-0.3, -0.25) is 0 Å². The van der Waals surface area contributed by atoms with Crippen molar-refractivity contribution in [3.8, 4) is 0 Å². The molecule has 0 radical (unpaired) electrons. The van der Waals surface area contributed by atoms with Crippen molar-refractivity contribution < 1.29 is 16.8 Å². The molecule has 24 heavy (non-hydrogen) atoms. The number of fused-ring (bicyclic) bond motifs is 1. The molecule has 0 fully saturated rings. The summed E-state index contributed by atoms with van der Waals surface area (Å²) in [6, 6.07) is 7.27. The molecule has 1 atom stereocenters. The second-order valence-electron chi connectivity index (χ2n) is 5.72. The van der Waals surface area contributed by atoms with E-state index in [-0.39, 0.29) is 21.6 Å². The molecule has 3 rings (SSSR count). The first-order chi connectivity index (χ1) is 11.3. The van der Waals surface area contributed by atoms with Gasteiger partial charge in [0.2, 0.25) is 10.0 Å². The molecular formula is C16H19NO4S3. The van der Waals surface area contributed by atoms with Crippen LogP contribution in [-0.4, -0.2) is 33.4 Å². The third-order valence-corrected chi connectivity index (χ3v) is 9.12. The van der Waals surface area contributed by atoms with Crippen LogP contribution in [0.1, 0.15) is 30.3 Å². The highest BCUT2D eigenvalue weighted by Gasteiger charge is 2.34. The van der Waals surface area contributed by atoms with E-state index < -0.39 is 19.9 Å². The molecule has 5 nitrogen and oxygen atoms in total. The second kappa shape index (κ2) is 6.25. The number of nitrogens with zero attached hydrogens (tertiary/aromatic N) is 1. The second-order valence-corrected chi connectivity index (χ2v) is 10.9. The van der Waals surface area contributed by atoms with Gasteiger partial charge >= 0.3 is 0 Å². The van der Waals surface area contributed by atoms with Gasteiger partial charge in [0, 0.05) is 17.5 Å². The first-order valence-electron chi connectivity index (χ1n) is 7.68. The molecule has 0 spiro atoms. The molecule has 1 aliphatic rings. The highest BCUT2D eigenvalue weighted by molar-refractivity contribution is 7.91. The zero-order valence-electron chi connectivity index (χ0n) is 13.5. The molecule has 130 valence electrons. The first kappa shape index (κ1) is 17.6. The van der Waals surface area contributed by atoms with Crippen molar-refractivity contribution in [3.05, 3.63) is 46.2 Å². The fourth-order valence-electron chi connectivity index (χ4n) is 2.94. The Morgan fingerprint density at radius 2 is 1.71 bits per heavy atom. The zero-order valence-corrected chi connectivity index (χ0v) is 15.9. The first-order valence-corrected chi connectivity index (χ1v) is 11.7. The lowest BCUT2D eigenvalue weighted by molar-refractivity contribution is 0.329. The summed E-state index contributed by atoms with van der Waals surface area (Å²) >= 11 is 1.66. The monoisotopic (exact) mass is 385 g/mol. The van der Waals surface area contributed by atoms with E-state index in [4.69, 9.17) is 0 Å². The topological polar surface area (TPSA) is 71.5 Å². The molecule has 0 saturated carbocycles. The van der Waals surface area contributed by atoms with Gasteiger partial charge in [0.25, 0.3) is 0 Å². The van der Waals surface area contributed by atoms with Crippen molar-refractivity contribution in [2.75, 3.05) is 12.3 Å². The lowest BCUT2D eigenvalue weighted by Crippen LogP contribution is -2.38. The summed E-state index contributed by atoms with van der Waals surface area (Å²) in [6.45, 7) is 3.89. The van der Waals surface area contributed by atoms with Crippen molar-refractivity contribution in [2.24, 2.45) is 0 Å². The Balaban J connectivity index is 1.94. The van der Waals surface area contributed by atoms with Crippen molar-refractivity contribution in [1.82, 2.24) is 4.31 Å². The van der Waals surface area contributed by atoms with E-state index in [1.54, 1.807) is 18.3 Å². The Kier molecular flexibility index (Phi) is 4.59. The molecule has 2 heterocycles. The number of hydrogen-bond acceptors (Lipinski definition) is 5. The molecule has 0 saturated heterocycles. The maximum Gasteiger partial charge on any atom is 0.243 e. The Bertz CT molecular complexity index is 943. The minimum atomic E-state index is -3.66. The molecular weight excluding hydrogens is 366 g/mol. The minimum absolute atomic E-state index is 0.0107. The van der Waals surface area contributed by atoms with E-state index in [0.717, 1.165) is 5.56 Å². The SMILES string of the molecule is CCS(=O)(=O)c1ccc(S(=O)(=O)N2CCc3sccc3C2C)cc1. The smallest absolute Gasteiger partial charge is 0.224 e. The standard InChI is InChI=1S/C16H19NO4S3/c1-3-23(18,19)13-4-6-14(7-5-13)24(20,21)17-10-8-16-15(12(17)2)9-11-22-16/h4-7,9,11-12H,3,8,10H2,1-2H3. The molecule has 0 N–H and O–H groups in total. The van der Waals surface area contributed by atoms with Crippen molar-refractivity contribution in [3.63, 3.8) is 0 Å². The van der Waals surface area contributed by atoms with Gasteiger partial charge in [0.1, 0.15) is 0 Å². The third kappa shape index (κ3) is 2.92. The minimum Gasteiger partial charge on any atom is -0.224 e. The largest absolute Gasteiger partial charge is 0.243 e. The predicted molar refractivity (Wildman–Crippen MR) is 94.5 cm³/mol. The van der Waals surface area contributed by atoms with Crippen LogP contribution in [0, 0.1) is 0 Å². The van der Waals surface area contributed by atoms with Gasteiger partial charge in [0.05, 0.1) is 15.5 Å². The lowest BCUT2D eigenvalue weighted by Gasteiger charge is -2.32. The summed E-state index contributed by atoms with van der Waals surface area (Å²) in [6.07, 6.45) is 0.707. The molecule has 2 aromatic rings.